The lowest BCUT2D eigenvalue weighted by Gasteiger charge is -2.06. The molecular weight excluding hydrogens is 180 g/mol. The molecule has 0 saturated carbocycles. The zero-order valence-corrected chi connectivity index (χ0v) is 8.06. The van der Waals surface area contributed by atoms with Crippen molar-refractivity contribution in [2.24, 2.45) is 5.92 Å². The molecule has 74 valence electrons. The Morgan fingerprint density at radius 1 is 1.43 bits per heavy atom. The molecule has 0 spiro atoms. The van der Waals surface area contributed by atoms with Gasteiger partial charge in [-0.1, -0.05) is 0 Å². The number of aromatic nitrogens is 2. The first-order valence-corrected chi connectivity index (χ1v) is 4.76. The van der Waals surface area contributed by atoms with Gasteiger partial charge in [0.2, 0.25) is 0 Å². The summed E-state index contributed by atoms with van der Waals surface area (Å²) in [6.45, 7) is 2.25. The van der Waals surface area contributed by atoms with Crippen molar-refractivity contribution in [3.8, 4) is 0 Å². The first-order valence-electron chi connectivity index (χ1n) is 4.76. The summed E-state index contributed by atoms with van der Waals surface area (Å²) in [6.07, 6.45) is 4.66. The Morgan fingerprint density at radius 3 is 2.50 bits per heavy atom. The van der Waals surface area contributed by atoms with Crippen molar-refractivity contribution < 1.29 is 9.53 Å². The Kier molecular flexibility index (Phi) is 2.43. The van der Waals surface area contributed by atoms with Crippen molar-refractivity contribution in [1.29, 1.82) is 0 Å². The van der Waals surface area contributed by atoms with Crippen molar-refractivity contribution in [2.45, 2.75) is 19.8 Å². The summed E-state index contributed by atoms with van der Waals surface area (Å²) in [5, 5.41) is 0. The Balaban J connectivity index is 2.08. The molecule has 4 heteroatoms. The van der Waals surface area contributed by atoms with Crippen LogP contribution in [0.2, 0.25) is 0 Å². The normalized spacial score (nSPS) is 15.2. The molecule has 1 aliphatic carbocycles. The second-order valence-electron chi connectivity index (χ2n) is 3.31. The van der Waals surface area contributed by atoms with Crippen molar-refractivity contribution in [2.75, 3.05) is 6.61 Å². The van der Waals surface area contributed by atoms with Crippen LogP contribution in [-0.4, -0.2) is 22.5 Å². The minimum atomic E-state index is -0.132. The van der Waals surface area contributed by atoms with Crippen LogP contribution in [-0.2, 0) is 22.4 Å². The minimum Gasteiger partial charge on any atom is -0.466 e. The zero-order valence-electron chi connectivity index (χ0n) is 8.06. The molecule has 0 unspecified atom stereocenters. The van der Waals surface area contributed by atoms with Crippen LogP contribution in [0.4, 0.5) is 0 Å². The Morgan fingerprint density at radius 2 is 2.00 bits per heavy atom. The molecule has 1 heterocycles. The number of hydrogen-bond acceptors (Lipinski definition) is 4. The summed E-state index contributed by atoms with van der Waals surface area (Å²) in [5.41, 5.74) is 1.87. The molecule has 4 nitrogen and oxygen atoms in total. The number of hydrogen-bond donors (Lipinski definition) is 0. The van der Waals surface area contributed by atoms with E-state index in [0.29, 0.717) is 19.4 Å². The monoisotopic (exact) mass is 192 g/mol. The number of rotatable bonds is 2. The van der Waals surface area contributed by atoms with Crippen molar-refractivity contribution in [1.82, 2.24) is 9.97 Å². The van der Waals surface area contributed by atoms with E-state index in [9.17, 15) is 4.79 Å². The Hall–Kier alpha value is -1.45. The molecule has 0 aromatic carbocycles. The van der Waals surface area contributed by atoms with Gasteiger partial charge in [0, 0.05) is 25.2 Å². The van der Waals surface area contributed by atoms with E-state index in [4.69, 9.17) is 4.74 Å². The van der Waals surface area contributed by atoms with Gasteiger partial charge in [0.05, 0.1) is 23.9 Å². The molecule has 1 aromatic rings. The van der Waals surface area contributed by atoms with Gasteiger partial charge in [-0.2, -0.15) is 0 Å². The van der Waals surface area contributed by atoms with Gasteiger partial charge in [-0.3, -0.25) is 14.8 Å². The quantitative estimate of drug-likeness (QED) is 0.649. The van der Waals surface area contributed by atoms with Crippen molar-refractivity contribution in [3.63, 3.8) is 0 Å². The van der Waals surface area contributed by atoms with Crippen molar-refractivity contribution in [3.05, 3.63) is 23.8 Å². The van der Waals surface area contributed by atoms with Gasteiger partial charge in [-0.15, -0.1) is 0 Å². The largest absolute Gasteiger partial charge is 0.466 e. The summed E-state index contributed by atoms with van der Waals surface area (Å²) < 4.78 is 4.96. The summed E-state index contributed by atoms with van der Waals surface area (Å²) in [4.78, 5) is 19.8. The smallest absolute Gasteiger partial charge is 0.309 e. The van der Waals surface area contributed by atoms with E-state index in [2.05, 4.69) is 9.97 Å². The lowest BCUT2D eigenvalue weighted by molar-refractivity contribution is -0.147. The predicted octanol–water partition coefficient (Wildman–Crippen LogP) is 0.754. The first kappa shape index (κ1) is 9.12. The number of nitrogens with zero attached hydrogens (tertiary/aromatic N) is 2. The van der Waals surface area contributed by atoms with Gasteiger partial charge in [0.1, 0.15) is 0 Å². The third kappa shape index (κ3) is 1.60. The summed E-state index contributed by atoms with van der Waals surface area (Å²) in [5.74, 6) is -0.209. The van der Waals surface area contributed by atoms with Gasteiger partial charge in [-0.25, -0.2) is 0 Å². The highest BCUT2D eigenvalue weighted by atomic mass is 16.5. The third-order valence-corrected chi connectivity index (χ3v) is 2.36. The van der Waals surface area contributed by atoms with E-state index in [-0.39, 0.29) is 11.9 Å². The van der Waals surface area contributed by atoms with Crippen LogP contribution in [0.5, 0.6) is 0 Å². The maximum atomic E-state index is 11.4. The molecule has 0 saturated heterocycles. The van der Waals surface area contributed by atoms with Gasteiger partial charge < -0.3 is 4.74 Å². The number of carbonyl (C=O) groups is 1. The van der Waals surface area contributed by atoms with Crippen LogP contribution in [0.1, 0.15) is 18.3 Å². The van der Waals surface area contributed by atoms with E-state index in [1.54, 1.807) is 12.4 Å². The molecular formula is C10H12N2O2. The topological polar surface area (TPSA) is 52.1 Å². The molecule has 0 bridgehead atoms. The standard InChI is InChI=1S/C10H12N2O2/c1-2-14-10(13)7-5-8-9(6-7)12-4-3-11-8/h3-4,7H,2,5-6H2,1H3. The fourth-order valence-electron chi connectivity index (χ4n) is 1.70. The molecule has 0 fully saturated rings. The van der Waals surface area contributed by atoms with Crippen molar-refractivity contribution >= 4 is 5.97 Å². The van der Waals surface area contributed by atoms with E-state index < -0.39 is 0 Å². The molecule has 0 amide bonds. The molecule has 1 aromatic heterocycles. The van der Waals surface area contributed by atoms with E-state index in [1.165, 1.54) is 0 Å². The van der Waals surface area contributed by atoms with Crippen LogP contribution >= 0.6 is 0 Å². The lowest BCUT2D eigenvalue weighted by atomic mass is 10.1. The molecule has 0 N–H and O–H groups in total. The van der Waals surface area contributed by atoms with E-state index in [1.807, 2.05) is 6.92 Å². The fraction of sp³-hybridized carbons (Fsp3) is 0.500. The molecule has 0 aliphatic heterocycles. The molecule has 0 atom stereocenters. The Bertz CT molecular complexity index is 327. The number of carbonyl (C=O) groups excluding carboxylic acids is 1. The predicted molar refractivity (Wildman–Crippen MR) is 49.6 cm³/mol. The zero-order chi connectivity index (χ0) is 9.97. The minimum absolute atomic E-state index is 0.0765. The number of ether oxygens (including phenoxy) is 1. The van der Waals surface area contributed by atoms with Crippen LogP contribution < -0.4 is 0 Å². The van der Waals surface area contributed by atoms with Crippen LogP contribution in [0.15, 0.2) is 12.4 Å². The number of fused-ring (bicyclic) bond motifs is 1. The Labute approximate surface area is 82.3 Å². The molecule has 0 radical (unpaired) electrons. The SMILES string of the molecule is CCOC(=O)C1Cc2nccnc2C1. The molecule has 14 heavy (non-hydrogen) atoms. The lowest BCUT2D eigenvalue weighted by Crippen LogP contribution is -2.17. The molecule has 2 rings (SSSR count). The van der Waals surface area contributed by atoms with Crippen LogP contribution in [0, 0.1) is 5.92 Å². The summed E-state index contributed by atoms with van der Waals surface area (Å²) in [6, 6.07) is 0. The fourth-order valence-corrected chi connectivity index (χ4v) is 1.70. The highest BCUT2D eigenvalue weighted by Crippen LogP contribution is 2.23. The molecule has 1 aliphatic rings. The average Bonchev–Trinajstić information content (AvgIpc) is 2.61. The van der Waals surface area contributed by atoms with Gasteiger partial charge >= 0.3 is 5.97 Å². The summed E-state index contributed by atoms with van der Waals surface area (Å²) >= 11 is 0. The first-order chi connectivity index (χ1) is 6.81. The van der Waals surface area contributed by atoms with Gasteiger partial charge in [0.15, 0.2) is 0 Å². The maximum Gasteiger partial charge on any atom is 0.309 e. The van der Waals surface area contributed by atoms with Gasteiger partial charge in [0.25, 0.3) is 0 Å². The van der Waals surface area contributed by atoms with Crippen LogP contribution in [0.3, 0.4) is 0 Å². The van der Waals surface area contributed by atoms with E-state index >= 15 is 0 Å². The second-order valence-corrected chi connectivity index (χ2v) is 3.31. The highest BCUT2D eigenvalue weighted by molar-refractivity contribution is 5.74. The third-order valence-electron chi connectivity index (χ3n) is 2.36. The highest BCUT2D eigenvalue weighted by Gasteiger charge is 2.29. The maximum absolute atomic E-state index is 11.4. The summed E-state index contributed by atoms with van der Waals surface area (Å²) in [7, 11) is 0. The average molecular weight is 192 g/mol. The van der Waals surface area contributed by atoms with Gasteiger partial charge in [-0.05, 0) is 6.92 Å². The van der Waals surface area contributed by atoms with Crippen LogP contribution in [0.25, 0.3) is 0 Å². The number of esters is 1. The van der Waals surface area contributed by atoms with E-state index in [0.717, 1.165) is 11.4 Å². The second kappa shape index (κ2) is 3.74.